The summed E-state index contributed by atoms with van der Waals surface area (Å²) in [6, 6.07) is 6.72. The standard InChI is InChI=1S/C24H26N4O4/c1-12-8-17(15(4)28-19-7-6-13(2)27-20(19)24(30)31)23-18(9-12)21(29)14(3)22(32-23)16(10-25)11-26-5/h6-11,15,28H,25H2,1-5H3,(H,30,31)/b16-10+,26-11?. The van der Waals surface area contributed by atoms with Gasteiger partial charge in [-0.05, 0) is 51.5 Å². The van der Waals surface area contributed by atoms with Crippen LogP contribution in [0.5, 0.6) is 0 Å². The van der Waals surface area contributed by atoms with Crippen LogP contribution >= 0.6 is 0 Å². The lowest BCUT2D eigenvalue weighted by Gasteiger charge is -2.19. The minimum atomic E-state index is -1.13. The van der Waals surface area contributed by atoms with Crippen LogP contribution in [0, 0.1) is 20.8 Å². The molecule has 0 saturated heterocycles. The van der Waals surface area contributed by atoms with E-state index in [1.807, 2.05) is 19.9 Å². The van der Waals surface area contributed by atoms with Gasteiger partial charge in [0.25, 0.3) is 0 Å². The average Bonchev–Trinajstić information content (AvgIpc) is 2.75. The van der Waals surface area contributed by atoms with Gasteiger partial charge in [0.15, 0.2) is 11.1 Å². The first-order chi connectivity index (χ1) is 15.2. The largest absolute Gasteiger partial charge is 0.476 e. The number of nitrogens with zero attached hydrogens (tertiary/aromatic N) is 2. The number of aromatic nitrogens is 1. The third-order valence-electron chi connectivity index (χ3n) is 5.18. The van der Waals surface area contributed by atoms with E-state index in [-0.39, 0.29) is 17.2 Å². The molecule has 1 aromatic carbocycles. The molecule has 0 aliphatic carbocycles. The van der Waals surface area contributed by atoms with Crippen molar-refractivity contribution >= 4 is 34.4 Å². The molecule has 2 aromatic heterocycles. The van der Waals surface area contributed by atoms with Crippen LogP contribution in [0.25, 0.3) is 16.5 Å². The summed E-state index contributed by atoms with van der Waals surface area (Å²) in [5.74, 6) is -0.783. The van der Waals surface area contributed by atoms with Crippen molar-refractivity contribution in [3.8, 4) is 0 Å². The van der Waals surface area contributed by atoms with Crippen molar-refractivity contribution in [2.75, 3.05) is 12.4 Å². The first-order valence-electron chi connectivity index (χ1n) is 10.1. The number of hydrogen-bond acceptors (Lipinski definition) is 7. The number of carboxylic acid groups (broad SMARTS) is 1. The number of hydrogen-bond donors (Lipinski definition) is 3. The Kier molecular flexibility index (Phi) is 6.43. The summed E-state index contributed by atoms with van der Waals surface area (Å²) >= 11 is 0. The molecule has 3 rings (SSSR count). The smallest absolute Gasteiger partial charge is 0.356 e. The van der Waals surface area contributed by atoms with Gasteiger partial charge < -0.3 is 20.6 Å². The molecule has 8 nitrogen and oxygen atoms in total. The topological polar surface area (TPSA) is 131 Å². The molecule has 2 heterocycles. The van der Waals surface area contributed by atoms with Crippen molar-refractivity contribution in [3.63, 3.8) is 0 Å². The fraction of sp³-hybridized carbons (Fsp3) is 0.250. The summed E-state index contributed by atoms with van der Waals surface area (Å²) in [5, 5.41) is 13.2. The lowest BCUT2D eigenvalue weighted by Crippen LogP contribution is -2.15. The lowest BCUT2D eigenvalue weighted by atomic mass is 9.99. The van der Waals surface area contributed by atoms with Crippen molar-refractivity contribution in [3.05, 3.63) is 74.5 Å². The van der Waals surface area contributed by atoms with Gasteiger partial charge in [0.1, 0.15) is 11.3 Å². The Balaban J connectivity index is 2.21. The molecule has 32 heavy (non-hydrogen) atoms. The fourth-order valence-corrected chi connectivity index (χ4v) is 3.63. The van der Waals surface area contributed by atoms with Crippen LogP contribution in [0.1, 0.15) is 51.6 Å². The Morgan fingerprint density at radius 3 is 2.62 bits per heavy atom. The normalized spacial score (nSPS) is 13.0. The van der Waals surface area contributed by atoms with E-state index in [9.17, 15) is 14.7 Å². The highest BCUT2D eigenvalue weighted by Gasteiger charge is 2.21. The Labute approximate surface area is 185 Å². The van der Waals surface area contributed by atoms with Crippen LogP contribution < -0.4 is 16.5 Å². The van der Waals surface area contributed by atoms with Crippen LogP contribution in [0.2, 0.25) is 0 Å². The number of nitrogens with one attached hydrogen (secondary N) is 1. The van der Waals surface area contributed by atoms with Gasteiger partial charge in [0, 0.05) is 36.3 Å². The number of rotatable bonds is 6. The van der Waals surface area contributed by atoms with Crippen molar-refractivity contribution < 1.29 is 14.3 Å². The van der Waals surface area contributed by atoms with E-state index in [1.54, 1.807) is 39.1 Å². The van der Waals surface area contributed by atoms with E-state index >= 15 is 0 Å². The van der Waals surface area contributed by atoms with E-state index < -0.39 is 5.97 Å². The first-order valence-corrected chi connectivity index (χ1v) is 10.1. The summed E-state index contributed by atoms with van der Waals surface area (Å²) in [6.45, 7) is 7.18. The lowest BCUT2D eigenvalue weighted by molar-refractivity contribution is 0.0691. The SMILES string of the molecule is CN=C/C(=C\N)c1oc2c(C(C)Nc3ccc(C)nc3C(=O)O)cc(C)cc2c(=O)c1C. The molecule has 0 saturated carbocycles. The molecule has 0 aliphatic heterocycles. The minimum absolute atomic E-state index is 0.0701. The molecule has 0 radical (unpaired) electrons. The first kappa shape index (κ1) is 22.7. The van der Waals surface area contributed by atoms with E-state index in [4.69, 9.17) is 10.2 Å². The van der Waals surface area contributed by atoms with Crippen molar-refractivity contribution in [2.45, 2.75) is 33.7 Å². The second-order valence-corrected chi connectivity index (χ2v) is 7.65. The van der Waals surface area contributed by atoms with Gasteiger partial charge in [-0.1, -0.05) is 6.07 Å². The molecule has 0 amide bonds. The van der Waals surface area contributed by atoms with Gasteiger partial charge in [0.05, 0.1) is 22.7 Å². The number of aryl methyl sites for hydroxylation is 2. The molecule has 0 aliphatic rings. The molecule has 0 spiro atoms. The third-order valence-corrected chi connectivity index (χ3v) is 5.18. The predicted octanol–water partition coefficient (Wildman–Crippen LogP) is 3.98. The van der Waals surface area contributed by atoms with Crippen molar-refractivity contribution in [1.82, 2.24) is 4.98 Å². The number of allylic oxidation sites excluding steroid dienone is 1. The summed E-state index contributed by atoms with van der Waals surface area (Å²) in [6.07, 6.45) is 2.88. The zero-order chi connectivity index (χ0) is 23.6. The fourth-order valence-electron chi connectivity index (χ4n) is 3.63. The summed E-state index contributed by atoms with van der Waals surface area (Å²) in [4.78, 5) is 32.9. The molecule has 3 aromatic rings. The average molecular weight is 434 g/mol. The van der Waals surface area contributed by atoms with Crippen LogP contribution in [-0.2, 0) is 0 Å². The van der Waals surface area contributed by atoms with Gasteiger partial charge in [-0.25, -0.2) is 9.78 Å². The zero-order valence-electron chi connectivity index (χ0n) is 18.7. The maximum absolute atomic E-state index is 13.2. The monoisotopic (exact) mass is 434 g/mol. The number of aliphatic imine (C=N–C) groups is 1. The molecule has 166 valence electrons. The summed E-state index contributed by atoms with van der Waals surface area (Å²) in [7, 11) is 1.61. The number of carboxylic acids is 1. The highest BCUT2D eigenvalue weighted by Crippen LogP contribution is 2.31. The maximum atomic E-state index is 13.2. The highest BCUT2D eigenvalue weighted by molar-refractivity contribution is 6.09. The molecule has 0 bridgehead atoms. The molecule has 4 N–H and O–H groups in total. The number of anilines is 1. The Morgan fingerprint density at radius 2 is 2.00 bits per heavy atom. The third kappa shape index (κ3) is 4.25. The Bertz CT molecular complexity index is 1320. The van der Waals surface area contributed by atoms with E-state index in [0.29, 0.717) is 44.8 Å². The molecule has 1 atom stereocenters. The quantitative estimate of drug-likeness (QED) is 0.500. The minimum Gasteiger partial charge on any atom is -0.476 e. The van der Waals surface area contributed by atoms with Crippen molar-refractivity contribution in [2.24, 2.45) is 10.7 Å². The van der Waals surface area contributed by atoms with Gasteiger partial charge in [0.2, 0.25) is 0 Å². The second-order valence-electron chi connectivity index (χ2n) is 7.65. The Morgan fingerprint density at radius 1 is 1.28 bits per heavy atom. The van der Waals surface area contributed by atoms with Crippen LogP contribution in [0.4, 0.5) is 5.69 Å². The summed E-state index contributed by atoms with van der Waals surface area (Å²) in [5.41, 5.74) is 9.41. The molecule has 8 heteroatoms. The number of benzene rings is 1. The van der Waals surface area contributed by atoms with E-state index in [2.05, 4.69) is 15.3 Å². The summed E-state index contributed by atoms with van der Waals surface area (Å²) < 4.78 is 6.21. The highest BCUT2D eigenvalue weighted by atomic mass is 16.4. The van der Waals surface area contributed by atoms with E-state index in [0.717, 1.165) is 5.56 Å². The van der Waals surface area contributed by atoms with Gasteiger partial charge in [-0.3, -0.25) is 9.79 Å². The number of nitrogens with two attached hydrogens (primary N) is 1. The molecular weight excluding hydrogens is 408 g/mol. The van der Waals surface area contributed by atoms with Crippen LogP contribution in [0.15, 0.2) is 44.7 Å². The molecule has 0 fully saturated rings. The second kappa shape index (κ2) is 9.05. The zero-order valence-corrected chi connectivity index (χ0v) is 18.7. The number of fused-ring (bicyclic) bond motifs is 1. The number of aromatic carboxylic acids is 1. The number of pyridine rings is 1. The number of carbonyl (C=O) groups is 1. The van der Waals surface area contributed by atoms with Gasteiger partial charge in [-0.15, -0.1) is 0 Å². The van der Waals surface area contributed by atoms with Crippen LogP contribution in [0.3, 0.4) is 0 Å². The maximum Gasteiger partial charge on any atom is 0.356 e. The predicted molar refractivity (Wildman–Crippen MR) is 127 cm³/mol. The van der Waals surface area contributed by atoms with Gasteiger partial charge >= 0.3 is 5.97 Å². The molecular formula is C24H26N4O4. The van der Waals surface area contributed by atoms with Crippen LogP contribution in [-0.4, -0.2) is 29.3 Å². The van der Waals surface area contributed by atoms with E-state index in [1.165, 1.54) is 12.4 Å². The Hall–Kier alpha value is -3.94. The van der Waals surface area contributed by atoms with Gasteiger partial charge in [-0.2, -0.15) is 0 Å². The van der Waals surface area contributed by atoms with Crippen molar-refractivity contribution in [1.29, 1.82) is 0 Å². The molecule has 1 unspecified atom stereocenters.